The largest absolute Gasteiger partial charge is 0.325 e. The van der Waals surface area contributed by atoms with Gasteiger partial charge in [-0.2, -0.15) is 0 Å². The van der Waals surface area contributed by atoms with Gasteiger partial charge in [0.25, 0.3) is 0 Å². The van der Waals surface area contributed by atoms with Crippen molar-refractivity contribution in [1.29, 1.82) is 0 Å². The number of hydrogen-bond donors (Lipinski definition) is 1. The molecule has 0 aliphatic rings. The van der Waals surface area contributed by atoms with Gasteiger partial charge in [-0.05, 0) is 19.1 Å². The van der Waals surface area contributed by atoms with Crippen LogP contribution in [0.2, 0.25) is 0 Å². The summed E-state index contributed by atoms with van der Waals surface area (Å²) in [5.41, 5.74) is 8.18. The van der Waals surface area contributed by atoms with Crippen LogP contribution in [0, 0.1) is 6.92 Å². The summed E-state index contributed by atoms with van der Waals surface area (Å²) in [4.78, 5) is 6.83. The van der Waals surface area contributed by atoms with Crippen LogP contribution in [0.15, 0.2) is 45.8 Å². The van der Waals surface area contributed by atoms with E-state index < -0.39 is 0 Å². The summed E-state index contributed by atoms with van der Waals surface area (Å²) in [6.07, 6.45) is 2.02. The summed E-state index contributed by atoms with van der Waals surface area (Å²) in [5, 5.41) is 3.04. The van der Waals surface area contributed by atoms with E-state index in [1.54, 1.807) is 23.1 Å². The first kappa shape index (κ1) is 11.8. The molecule has 0 radical (unpaired) electrons. The predicted molar refractivity (Wildman–Crippen MR) is 76.3 cm³/mol. The minimum absolute atomic E-state index is 0.506. The first-order valence-electron chi connectivity index (χ1n) is 5.67. The molecule has 2 aromatic heterocycles. The Kier molecular flexibility index (Phi) is 3.11. The Balaban J connectivity index is 1.98. The smallest absolute Gasteiger partial charge is 0.194 e. The summed E-state index contributed by atoms with van der Waals surface area (Å²) in [6, 6.07) is 8.47. The van der Waals surface area contributed by atoms with Crippen molar-refractivity contribution in [2.75, 3.05) is 0 Å². The third-order valence-electron chi connectivity index (χ3n) is 2.75. The van der Waals surface area contributed by atoms with Crippen LogP contribution in [-0.4, -0.2) is 9.38 Å². The molecule has 0 atom stereocenters. The third-order valence-corrected chi connectivity index (χ3v) is 4.54. The van der Waals surface area contributed by atoms with E-state index >= 15 is 0 Å². The first-order chi connectivity index (χ1) is 8.78. The highest BCUT2D eigenvalue weighted by Crippen LogP contribution is 2.31. The molecule has 0 aliphatic heterocycles. The van der Waals surface area contributed by atoms with Gasteiger partial charge in [0.2, 0.25) is 0 Å². The molecule has 0 unspecified atom stereocenters. The molecule has 0 fully saturated rings. The average molecular weight is 275 g/mol. The number of aryl methyl sites for hydroxylation is 1. The van der Waals surface area contributed by atoms with Gasteiger partial charge >= 0.3 is 0 Å². The van der Waals surface area contributed by atoms with Crippen molar-refractivity contribution in [2.45, 2.75) is 23.4 Å². The number of aromatic nitrogens is 2. The van der Waals surface area contributed by atoms with E-state index in [-0.39, 0.29) is 0 Å². The summed E-state index contributed by atoms with van der Waals surface area (Å²) in [7, 11) is 0. The Morgan fingerprint density at radius 2 is 2.11 bits per heavy atom. The molecule has 2 N–H and O–H groups in total. The fourth-order valence-electron chi connectivity index (χ4n) is 1.80. The number of fused-ring (bicyclic) bond motifs is 1. The zero-order chi connectivity index (χ0) is 12.5. The number of nitrogens with two attached hydrogens (primary N) is 1. The van der Waals surface area contributed by atoms with Gasteiger partial charge < -0.3 is 5.73 Å². The normalized spacial score (nSPS) is 11.2. The van der Waals surface area contributed by atoms with Gasteiger partial charge in [-0.15, -0.1) is 11.3 Å². The third kappa shape index (κ3) is 2.05. The van der Waals surface area contributed by atoms with Crippen LogP contribution in [0.5, 0.6) is 0 Å². The molecule has 0 bridgehead atoms. The van der Waals surface area contributed by atoms with E-state index in [0.29, 0.717) is 6.54 Å². The van der Waals surface area contributed by atoms with Gasteiger partial charge in [0, 0.05) is 23.0 Å². The second-order valence-electron chi connectivity index (χ2n) is 4.04. The van der Waals surface area contributed by atoms with Crippen LogP contribution in [0.4, 0.5) is 0 Å². The Morgan fingerprint density at radius 3 is 2.83 bits per heavy atom. The van der Waals surface area contributed by atoms with Gasteiger partial charge in [-0.25, -0.2) is 4.98 Å². The maximum absolute atomic E-state index is 5.83. The van der Waals surface area contributed by atoms with Crippen molar-refractivity contribution < 1.29 is 0 Å². The molecule has 3 nitrogen and oxygen atoms in total. The highest BCUT2D eigenvalue weighted by Gasteiger charge is 2.12. The van der Waals surface area contributed by atoms with Crippen molar-refractivity contribution in [3.8, 4) is 0 Å². The van der Waals surface area contributed by atoms with Gasteiger partial charge in [-0.3, -0.25) is 4.40 Å². The Labute approximate surface area is 114 Å². The number of rotatable bonds is 3. The van der Waals surface area contributed by atoms with Crippen LogP contribution < -0.4 is 5.73 Å². The Morgan fingerprint density at radius 1 is 1.33 bits per heavy atom. The minimum Gasteiger partial charge on any atom is -0.325 e. The molecule has 0 saturated carbocycles. The van der Waals surface area contributed by atoms with Crippen molar-refractivity contribution in [3.63, 3.8) is 0 Å². The van der Waals surface area contributed by atoms with Crippen LogP contribution in [0.25, 0.3) is 4.96 Å². The molecule has 92 valence electrons. The quantitative estimate of drug-likeness (QED) is 0.797. The summed E-state index contributed by atoms with van der Waals surface area (Å²) < 4.78 is 2.07. The Bertz CT molecular complexity index is 667. The molecular weight excluding hydrogens is 262 g/mol. The molecular formula is C13H13N3S2. The van der Waals surface area contributed by atoms with E-state index in [1.165, 1.54) is 10.5 Å². The average Bonchev–Trinajstić information content (AvgIpc) is 2.92. The summed E-state index contributed by atoms with van der Waals surface area (Å²) in [5.74, 6) is 0. The fraction of sp³-hybridized carbons (Fsp3) is 0.154. The first-order valence-corrected chi connectivity index (χ1v) is 7.36. The van der Waals surface area contributed by atoms with E-state index in [1.807, 2.05) is 11.6 Å². The lowest BCUT2D eigenvalue weighted by molar-refractivity contribution is 0.924. The van der Waals surface area contributed by atoms with Crippen LogP contribution in [0.1, 0.15) is 11.3 Å². The second-order valence-corrected chi connectivity index (χ2v) is 5.97. The highest BCUT2D eigenvalue weighted by atomic mass is 32.2. The zero-order valence-electron chi connectivity index (χ0n) is 9.96. The predicted octanol–water partition coefficient (Wildman–Crippen LogP) is 3.31. The Hall–Kier alpha value is -1.30. The molecule has 5 heteroatoms. The van der Waals surface area contributed by atoms with Crippen molar-refractivity contribution in [1.82, 2.24) is 9.38 Å². The van der Waals surface area contributed by atoms with E-state index in [2.05, 4.69) is 40.6 Å². The van der Waals surface area contributed by atoms with Crippen molar-refractivity contribution in [3.05, 3.63) is 47.1 Å². The standard InChI is InChI=1S/C13H13N3S2/c1-9-2-4-10(5-3-9)18-12-11(8-14)16-6-7-17-13(16)15-12/h2-7H,8,14H2,1H3. The van der Waals surface area contributed by atoms with Crippen LogP contribution in [0.3, 0.4) is 0 Å². The number of imidazole rings is 1. The lowest BCUT2D eigenvalue weighted by atomic mass is 10.2. The van der Waals surface area contributed by atoms with Crippen LogP contribution >= 0.6 is 23.1 Å². The minimum atomic E-state index is 0.506. The molecule has 0 spiro atoms. The SMILES string of the molecule is Cc1ccc(Sc2nc3sccn3c2CN)cc1. The molecule has 18 heavy (non-hydrogen) atoms. The van der Waals surface area contributed by atoms with Gasteiger partial charge in [-0.1, -0.05) is 29.5 Å². The van der Waals surface area contributed by atoms with Crippen LogP contribution in [-0.2, 0) is 6.54 Å². The maximum Gasteiger partial charge on any atom is 0.194 e. The van der Waals surface area contributed by atoms with E-state index in [0.717, 1.165) is 15.7 Å². The zero-order valence-corrected chi connectivity index (χ0v) is 11.6. The highest BCUT2D eigenvalue weighted by molar-refractivity contribution is 7.99. The topological polar surface area (TPSA) is 43.3 Å². The number of benzene rings is 1. The van der Waals surface area contributed by atoms with Crippen molar-refractivity contribution in [2.24, 2.45) is 5.73 Å². The van der Waals surface area contributed by atoms with Gasteiger partial charge in [0.15, 0.2) is 4.96 Å². The lowest BCUT2D eigenvalue weighted by Crippen LogP contribution is -2.00. The molecule has 0 aliphatic carbocycles. The van der Waals surface area contributed by atoms with Crippen molar-refractivity contribution >= 4 is 28.1 Å². The number of hydrogen-bond acceptors (Lipinski definition) is 4. The lowest BCUT2D eigenvalue weighted by Gasteiger charge is -2.01. The molecule has 3 rings (SSSR count). The molecule has 1 aromatic carbocycles. The van der Waals surface area contributed by atoms with E-state index in [9.17, 15) is 0 Å². The van der Waals surface area contributed by atoms with Gasteiger partial charge in [0.05, 0.1) is 5.69 Å². The maximum atomic E-state index is 5.83. The summed E-state index contributed by atoms with van der Waals surface area (Å²) >= 11 is 3.31. The molecule has 0 saturated heterocycles. The summed E-state index contributed by atoms with van der Waals surface area (Å²) in [6.45, 7) is 2.60. The molecule has 3 aromatic rings. The monoisotopic (exact) mass is 275 g/mol. The fourth-order valence-corrected chi connectivity index (χ4v) is 3.52. The second kappa shape index (κ2) is 4.76. The number of nitrogens with zero attached hydrogens (tertiary/aromatic N) is 2. The molecule has 0 amide bonds. The van der Waals surface area contributed by atoms with E-state index in [4.69, 9.17) is 5.73 Å². The molecule has 2 heterocycles. The number of thiazole rings is 1. The van der Waals surface area contributed by atoms with Gasteiger partial charge in [0.1, 0.15) is 5.03 Å².